The van der Waals surface area contributed by atoms with Crippen molar-refractivity contribution in [2.45, 2.75) is 51.7 Å². The van der Waals surface area contributed by atoms with Crippen LogP contribution in [0.15, 0.2) is 27.5 Å². The van der Waals surface area contributed by atoms with Crippen LogP contribution in [-0.2, 0) is 11.0 Å². The molecule has 0 saturated carbocycles. The van der Waals surface area contributed by atoms with Crippen LogP contribution in [0.3, 0.4) is 0 Å². The Kier molecular flexibility index (Phi) is 24.1. The fraction of sp³-hybridized carbons (Fsp3) is 0.632. The summed E-state index contributed by atoms with van der Waals surface area (Å²) in [4.78, 5) is 4.32. The Hall–Kier alpha value is -0.550. The first kappa shape index (κ1) is 30.2. The number of terminal acetylenes is 1. The number of aliphatic imine (C=N–C) groups is 1. The number of hydrogen-bond acceptors (Lipinski definition) is 4. The molecular weight excluding hydrogens is 430 g/mol. The number of halogens is 1. The van der Waals surface area contributed by atoms with Gasteiger partial charge < -0.3 is 5.32 Å². The quantitative estimate of drug-likeness (QED) is 0.449. The first-order valence-corrected chi connectivity index (χ1v) is 11.6. The molecular formula is C19H36BrN3OS2. The van der Waals surface area contributed by atoms with Crippen LogP contribution in [0, 0.1) is 12.8 Å². The Morgan fingerprint density at radius 2 is 2.08 bits per heavy atom. The van der Waals surface area contributed by atoms with E-state index in [1.807, 2.05) is 45.4 Å². The number of nitrogens with one attached hydrogen (secondary N) is 2. The summed E-state index contributed by atoms with van der Waals surface area (Å²) in [6, 6.07) is 0. The molecule has 1 aliphatic rings. The molecule has 0 saturated heterocycles. The van der Waals surface area contributed by atoms with Gasteiger partial charge in [-0.25, -0.2) is 8.93 Å². The van der Waals surface area contributed by atoms with Gasteiger partial charge in [0.25, 0.3) is 0 Å². The smallest absolute Gasteiger partial charge is 0.0967 e. The van der Waals surface area contributed by atoms with E-state index in [4.69, 9.17) is 0 Å². The second-order valence-electron chi connectivity index (χ2n) is 5.96. The Morgan fingerprint density at radius 3 is 2.31 bits per heavy atom. The lowest BCUT2D eigenvalue weighted by molar-refractivity contribution is 0.642. The van der Waals surface area contributed by atoms with Crippen molar-refractivity contribution in [1.29, 1.82) is 0 Å². The molecule has 0 aromatic rings. The SMILES string of the molecule is C#C.C=CCCC1=NCCCN1.CNS(=O)C(C)(C)C.CS/C=C(\C)Br. The molecule has 1 heterocycles. The third-order valence-electron chi connectivity index (χ3n) is 2.57. The number of nitrogens with zero attached hydrogens (tertiary/aromatic N) is 1. The Balaban J connectivity index is -0.000000300. The van der Waals surface area contributed by atoms with E-state index in [1.54, 1.807) is 18.8 Å². The second kappa shape index (κ2) is 20.8. The van der Waals surface area contributed by atoms with Gasteiger partial charge in [-0.2, -0.15) is 0 Å². The fourth-order valence-corrected chi connectivity index (χ4v) is 2.95. The van der Waals surface area contributed by atoms with Crippen molar-refractivity contribution >= 4 is 44.5 Å². The van der Waals surface area contributed by atoms with E-state index in [0.29, 0.717) is 0 Å². The molecule has 152 valence electrons. The van der Waals surface area contributed by atoms with Crippen LogP contribution >= 0.6 is 27.7 Å². The Bertz CT molecular complexity index is 451. The number of allylic oxidation sites excluding steroid dienone is 2. The predicted molar refractivity (Wildman–Crippen MR) is 127 cm³/mol. The van der Waals surface area contributed by atoms with Gasteiger partial charge in [-0.1, -0.05) is 22.0 Å². The number of thioether (sulfide) groups is 1. The zero-order valence-electron chi connectivity index (χ0n) is 17.1. The van der Waals surface area contributed by atoms with E-state index in [2.05, 4.69) is 50.4 Å². The third kappa shape index (κ3) is 23.4. The predicted octanol–water partition coefficient (Wildman–Crippen LogP) is 4.87. The van der Waals surface area contributed by atoms with Crippen molar-refractivity contribution in [3.05, 3.63) is 22.5 Å². The van der Waals surface area contributed by atoms with Crippen molar-refractivity contribution < 1.29 is 4.21 Å². The van der Waals surface area contributed by atoms with Crippen molar-refractivity contribution in [2.75, 3.05) is 26.4 Å². The van der Waals surface area contributed by atoms with Gasteiger partial charge in [-0.3, -0.25) is 4.99 Å². The van der Waals surface area contributed by atoms with E-state index < -0.39 is 11.0 Å². The Morgan fingerprint density at radius 1 is 1.50 bits per heavy atom. The summed E-state index contributed by atoms with van der Waals surface area (Å²) in [5.74, 6) is 1.16. The summed E-state index contributed by atoms with van der Waals surface area (Å²) in [7, 11) is 0.802. The largest absolute Gasteiger partial charge is 0.374 e. The highest BCUT2D eigenvalue weighted by molar-refractivity contribution is 9.11. The van der Waals surface area contributed by atoms with Gasteiger partial charge in [0.15, 0.2) is 0 Å². The first-order valence-electron chi connectivity index (χ1n) is 8.34. The molecule has 0 bridgehead atoms. The molecule has 26 heavy (non-hydrogen) atoms. The van der Waals surface area contributed by atoms with Gasteiger partial charge in [0.2, 0.25) is 0 Å². The van der Waals surface area contributed by atoms with Gasteiger partial charge in [-0.15, -0.1) is 31.2 Å². The van der Waals surface area contributed by atoms with Crippen LogP contribution in [0.2, 0.25) is 0 Å². The molecule has 1 unspecified atom stereocenters. The average molecular weight is 467 g/mol. The summed E-state index contributed by atoms with van der Waals surface area (Å²) in [6.45, 7) is 13.6. The molecule has 0 radical (unpaired) electrons. The normalized spacial score (nSPS) is 14.5. The highest BCUT2D eigenvalue weighted by Gasteiger charge is 2.16. The minimum absolute atomic E-state index is 0.130. The molecule has 0 fully saturated rings. The average Bonchev–Trinajstić information content (AvgIpc) is 2.62. The lowest BCUT2D eigenvalue weighted by Gasteiger charge is -2.15. The molecule has 1 aliphatic heterocycles. The maximum absolute atomic E-state index is 10.8. The molecule has 0 spiro atoms. The topological polar surface area (TPSA) is 53.5 Å². The minimum atomic E-state index is -0.894. The highest BCUT2D eigenvalue weighted by atomic mass is 79.9. The maximum atomic E-state index is 10.8. The van der Waals surface area contributed by atoms with E-state index in [-0.39, 0.29) is 4.75 Å². The number of hydrogen-bond donors (Lipinski definition) is 2. The zero-order valence-corrected chi connectivity index (χ0v) is 20.3. The molecule has 1 atom stereocenters. The first-order chi connectivity index (χ1) is 12.2. The lowest BCUT2D eigenvalue weighted by atomic mass is 10.2. The molecule has 0 aromatic heterocycles. The second-order valence-corrected chi connectivity index (χ2v) is 10.1. The summed E-state index contributed by atoms with van der Waals surface area (Å²) in [5, 5.41) is 5.30. The van der Waals surface area contributed by atoms with Gasteiger partial charge in [-0.05, 0) is 63.7 Å². The van der Waals surface area contributed by atoms with Gasteiger partial charge >= 0.3 is 0 Å². The standard InChI is InChI=1S/C8H14N2.C5H13NOS.C4H7BrS.C2H2/c1-2-3-5-8-9-6-4-7-10-8;1-5(2,3)8(7)6-4;1-4(5)3-6-2;1-2/h2H,1,3-7H2,(H,9,10);6H,1-4H3;3H,1-2H3;1-2H/b;;4-3+;. The molecule has 7 heteroatoms. The van der Waals surface area contributed by atoms with Crippen LogP contribution in [0.25, 0.3) is 0 Å². The van der Waals surface area contributed by atoms with E-state index in [1.165, 1.54) is 10.9 Å². The van der Waals surface area contributed by atoms with Crippen LogP contribution in [0.1, 0.15) is 47.0 Å². The van der Waals surface area contributed by atoms with Gasteiger partial charge in [0, 0.05) is 19.5 Å². The zero-order chi connectivity index (χ0) is 21.0. The van der Waals surface area contributed by atoms with Crippen LogP contribution in [0.5, 0.6) is 0 Å². The van der Waals surface area contributed by atoms with E-state index >= 15 is 0 Å². The number of amidine groups is 1. The van der Waals surface area contributed by atoms with Crippen molar-refractivity contribution in [2.24, 2.45) is 4.99 Å². The number of rotatable bonds is 5. The van der Waals surface area contributed by atoms with Gasteiger partial charge in [0.1, 0.15) is 0 Å². The molecule has 0 aliphatic carbocycles. The van der Waals surface area contributed by atoms with E-state index in [0.717, 1.165) is 31.8 Å². The molecule has 0 aromatic carbocycles. The van der Waals surface area contributed by atoms with E-state index in [9.17, 15) is 4.21 Å². The van der Waals surface area contributed by atoms with Crippen LogP contribution in [-0.4, -0.2) is 41.2 Å². The molecule has 1 rings (SSSR count). The monoisotopic (exact) mass is 465 g/mol. The third-order valence-corrected chi connectivity index (χ3v) is 5.18. The summed E-state index contributed by atoms with van der Waals surface area (Å²) in [6.07, 6.45) is 15.2. The molecule has 2 N–H and O–H groups in total. The van der Waals surface area contributed by atoms with Crippen LogP contribution < -0.4 is 10.0 Å². The summed E-state index contributed by atoms with van der Waals surface area (Å²) in [5.41, 5.74) is 0. The van der Waals surface area contributed by atoms with Gasteiger partial charge in [0.05, 0.1) is 21.6 Å². The summed E-state index contributed by atoms with van der Waals surface area (Å²) >= 11 is 4.98. The van der Waals surface area contributed by atoms with Crippen LogP contribution in [0.4, 0.5) is 0 Å². The van der Waals surface area contributed by atoms with Crippen molar-refractivity contribution in [3.63, 3.8) is 0 Å². The Labute approximate surface area is 176 Å². The highest BCUT2D eigenvalue weighted by Crippen LogP contribution is 2.07. The molecule has 4 nitrogen and oxygen atoms in total. The summed E-state index contributed by atoms with van der Waals surface area (Å²) < 4.78 is 14.6. The van der Waals surface area contributed by atoms with Crippen molar-refractivity contribution in [3.8, 4) is 12.8 Å². The minimum Gasteiger partial charge on any atom is -0.374 e. The maximum Gasteiger partial charge on any atom is 0.0967 e. The van der Waals surface area contributed by atoms with Crippen molar-refractivity contribution in [1.82, 2.24) is 10.0 Å². The molecule has 0 amide bonds. The fourth-order valence-electron chi connectivity index (χ4n) is 1.46. The lowest BCUT2D eigenvalue weighted by Crippen LogP contribution is -2.30.